The number of unbranched alkanes of at least 4 members (excludes halogenated alkanes) is 2. The van der Waals surface area contributed by atoms with Gasteiger partial charge in [-0.3, -0.25) is 0 Å². The van der Waals surface area contributed by atoms with Crippen molar-refractivity contribution in [2.75, 3.05) is 26.4 Å². The zero-order chi connectivity index (χ0) is 20.2. The maximum atomic E-state index is 6.43. The van der Waals surface area contributed by atoms with Crippen molar-refractivity contribution >= 4 is 11.3 Å². The van der Waals surface area contributed by atoms with E-state index in [4.69, 9.17) is 18.9 Å². The lowest BCUT2D eigenvalue weighted by Gasteiger charge is -2.34. The summed E-state index contributed by atoms with van der Waals surface area (Å²) in [7, 11) is 0. The highest BCUT2D eigenvalue weighted by atomic mass is 32.1. The van der Waals surface area contributed by atoms with E-state index < -0.39 is 5.79 Å². The monoisotopic (exact) mass is 412 g/mol. The summed E-state index contributed by atoms with van der Waals surface area (Å²) in [4.78, 5) is 0. The lowest BCUT2D eigenvalue weighted by atomic mass is 10.00. The maximum Gasteiger partial charge on any atom is 0.238 e. The molecule has 1 aliphatic heterocycles. The molecule has 0 fully saturated rings. The van der Waals surface area contributed by atoms with Gasteiger partial charge < -0.3 is 18.9 Å². The van der Waals surface area contributed by atoms with E-state index in [2.05, 4.69) is 27.7 Å². The van der Waals surface area contributed by atoms with Crippen LogP contribution in [0.5, 0.6) is 11.5 Å². The van der Waals surface area contributed by atoms with Gasteiger partial charge in [0.25, 0.3) is 0 Å². The van der Waals surface area contributed by atoms with Gasteiger partial charge in [-0.1, -0.05) is 66.2 Å². The third kappa shape index (κ3) is 7.23. The summed E-state index contributed by atoms with van der Waals surface area (Å²) in [5.41, 5.74) is 0. The molecule has 162 valence electrons. The molecule has 2 rings (SSSR count). The van der Waals surface area contributed by atoms with Crippen LogP contribution in [-0.4, -0.2) is 32.2 Å². The molecule has 1 aromatic rings. The fourth-order valence-electron chi connectivity index (χ4n) is 3.45. The summed E-state index contributed by atoms with van der Waals surface area (Å²) in [5, 5.41) is 3.97. The topological polar surface area (TPSA) is 36.9 Å². The molecule has 0 bridgehead atoms. The Labute approximate surface area is 175 Å². The second-order valence-electron chi connectivity index (χ2n) is 8.04. The molecule has 0 spiro atoms. The van der Waals surface area contributed by atoms with Gasteiger partial charge in [0.15, 0.2) is 11.5 Å². The smallest absolute Gasteiger partial charge is 0.238 e. The minimum atomic E-state index is -0.823. The molecular formula is C23H40O4S. The quantitative estimate of drug-likeness (QED) is 0.319. The van der Waals surface area contributed by atoms with Gasteiger partial charge in [0.2, 0.25) is 5.79 Å². The lowest BCUT2D eigenvalue weighted by Crippen LogP contribution is -2.48. The Morgan fingerprint density at radius 2 is 1.32 bits per heavy atom. The number of thiophene rings is 1. The predicted octanol–water partition coefficient (Wildman–Crippen LogP) is 6.68. The first-order valence-electron chi connectivity index (χ1n) is 11.3. The van der Waals surface area contributed by atoms with Crippen LogP contribution < -0.4 is 9.47 Å². The second-order valence-corrected chi connectivity index (χ2v) is 8.79. The molecule has 0 saturated heterocycles. The van der Waals surface area contributed by atoms with Gasteiger partial charge in [0.1, 0.15) is 13.2 Å². The minimum absolute atomic E-state index is 0.380. The molecular weight excluding hydrogens is 372 g/mol. The van der Waals surface area contributed by atoms with E-state index in [1.807, 2.05) is 10.8 Å². The molecule has 0 amide bonds. The van der Waals surface area contributed by atoms with Crippen molar-refractivity contribution < 1.29 is 18.9 Å². The van der Waals surface area contributed by atoms with Gasteiger partial charge in [0.05, 0.1) is 13.2 Å². The van der Waals surface area contributed by atoms with Crippen LogP contribution in [0.3, 0.4) is 0 Å². The van der Waals surface area contributed by atoms with E-state index in [1.165, 1.54) is 38.5 Å². The van der Waals surface area contributed by atoms with Crippen LogP contribution in [0.15, 0.2) is 10.8 Å². The van der Waals surface area contributed by atoms with Gasteiger partial charge >= 0.3 is 0 Å². The average molecular weight is 413 g/mol. The van der Waals surface area contributed by atoms with E-state index >= 15 is 0 Å². The molecule has 5 heteroatoms. The molecule has 2 heterocycles. The first-order chi connectivity index (χ1) is 13.7. The second kappa shape index (κ2) is 12.7. The molecule has 1 aromatic heterocycles. The highest BCUT2D eigenvalue weighted by Gasteiger charge is 2.39. The van der Waals surface area contributed by atoms with Gasteiger partial charge in [-0.05, 0) is 24.7 Å². The third-order valence-corrected chi connectivity index (χ3v) is 6.44. The number of hydrogen-bond donors (Lipinski definition) is 0. The van der Waals surface area contributed by atoms with E-state index in [0.717, 1.165) is 24.3 Å². The van der Waals surface area contributed by atoms with E-state index in [0.29, 0.717) is 38.3 Å². The van der Waals surface area contributed by atoms with Crippen LogP contribution >= 0.6 is 11.3 Å². The summed E-state index contributed by atoms with van der Waals surface area (Å²) < 4.78 is 24.9. The molecule has 2 atom stereocenters. The molecule has 4 nitrogen and oxygen atoms in total. The summed E-state index contributed by atoms with van der Waals surface area (Å²) in [5.74, 6) is 1.89. The molecule has 0 saturated carbocycles. The van der Waals surface area contributed by atoms with Gasteiger partial charge in [-0.15, -0.1) is 11.3 Å². The third-order valence-electron chi connectivity index (χ3n) is 5.74. The first kappa shape index (κ1) is 23.5. The SMILES string of the molecule is CCCCC(CC)COC1(OCC(CC)CCCC)COc2cscc2OC1. The number of rotatable bonds is 14. The van der Waals surface area contributed by atoms with E-state index in [-0.39, 0.29) is 0 Å². The molecule has 28 heavy (non-hydrogen) atoms. The Morgan fingerprint density at radius 1 is 0.857 bits per heavy atom. The number of ether oxygens (including phenoxy) is 4. The van der Waals surface area contributed by atoms with Crippen molar-refractivity contribution in [3.05, 3.63) is 10.8 Å². The van der Waals surface area contributed by atoms with Crippen LogP contribution in [0.1, 0.15) is 79.1 Å². The first-order valence-corrected chi connectivity index (χ1v) is 12.2. The maximum absolute atomic E-state index is 6.43. The average Bonchev–Trinajstić information content (AvgIpc) is 3.11. The van der Waals surface area contributed by atoms with Crippen molar-refractivity contribution in [2.45, 2.75) is 84.8 Å². The Bertz CT molecular complexity index is 486. The molecule has 0 N–H and O–H groups in total. The number of hydrogen-bond acceptors (Lipinski definition) is 5. The van der Waals surface area contributed by atoms with Crippen molar-refractivity contribution in [3.63, 3.8) is 0 Å². The zero-order valence-corrected chi connectivity index (χ0v) is 19.2. The fourth-order valence-corrected chi connectivity index (χ4v) is 4.13. The van der Waals surface area contributed by atoms with Gasteiger partial charge in [-0.25, -0.2) is 0 Å². The summed E-state index contributed by atoms with van der Waals surface area (Å²) >= 11 is 1.60. The van der Waals surface area contributed by atoms with E-state index in [1.54, 1.807) is 11.3 Å². The highest BCUT2D eigenvalue weighted by Crippen LogP contribution is 2.36. The van der Waals surface area contributed by atoms with Crippen LogP contribution in [0, 0.1) is 11.8 Å². The Kier molecular flexibility index (Phi) is 10.7. The van der Waals surface area contributed by atoms with E-state index in [9.17, 15) is 0 Å². The van der Waals surface area contributed by atoms with Crippen LogP contribution in [-0.2, 0) is 9.47 Å². The Balaban J connectivity index is 2.01. The highest BCUT2D eigenvalue weighted by molar-refractivity contribution is 7.08. The molecule has 0 aromatic carbocycles. The zero-order valence-electron chi connectivity index (χ0n) is 18.3. The van der Waals surface area contributed by atoms with Gasteiger partial charge in [-0.2, -0.15) is 0 Å². The predicted molar refractivity (Wildman–Crippen MR) is 117 cm³/mol. The molecule has 1 aliphatic rings. The van der Waals surface area contributed by atoms with Crippen LogP contribution in [0.2, 0.25) is 0 Å². The molecule has 2 unspecified atom stereocenters. The fraction of sp³-hybridized carbons (Fsp3) is 0.826. The summed E-state index contributed by atoms with van der Waals surface area (Å²) in [6, 6.07) is 0. The van der Waals surface area contributed by atoms with Crippen molar-refractivity contribution in [1.82, 2.24) is 0 Å². The lowest BCUT2D eigenvalue weighted by molar-refractivity contribution is -0.269. The summed E-state index contributed by atoms with van der Waals surface area (Å²) in [6.45, 7) is 11.1. The normalized spacial score (nSPS) is 17.9. The molecule has 0 aliphatic carbocycles. The standard InChI is InChI=1S/C23H40O4S/c1-5-9-11-19(7-3)13-26-23(27-14-20(8-4)12-10-6-2)17-24-21-15-28-16-22(21)25-18-23/h15-16,19-20H,5-14,17-18H2,1-4H3. The largest absolute Gasteiger partial charge is 0.483 e. The Morgan fingerprint density at radius 3 is 1.71 bits per heavy atom. The van der Waals surface area contributed by atoms with Crippen molar-refractivity contribution in [3.8, 4) is 11.5 Å². The van der Waals surface area contributed by atoms with Crippen LogP contribution in [0.25, 0.3) is 0 Å². The van der Waals surface area contributed by atoms with Crippen molar-refractivity contribution in [1.29, 1.82) is 0 Å². The van der Waals surface area contributed by atoms with Crippen molar-refractivity contribution in [2.24, 2.45) is 11.8 Å². The van der Waals surface area contributed by atoms with Gasteiger partial charge in [0, 0.05) is 10.8 Å². The van der Waals surface area contributed by atoms with Crippen LogP contribution in [0.4, 0.5) is 0 Å². The number of fused-ring (bicyclic) bond motifs is 1. The Hall–Kier alpha value is -0.780. The molecule has 0 radical (unpaired) electrons. The summed E-state index contributed by atoms with van der Waals surface area (Å²) in [6.07, 6.45) is 9.58. The minimum Gasteiger partial charge on any atom is -0.483 e.